The van der Waals surface area contributed by atoms with Crippen molar-refractivity contribution in [3.05, 3.63) is 0 Å². The van der Waals surface area contributed by atoms with E-state index in [9.17, 15) is 9.59 Å². The maximum atomic E-state index is 10.6. The summed E-state index contributed by atoms with van der Waals surface area (Å²) in [5.74, 6) is -4.11. The molecule has 1 saturated heterocycles. The topological polar surface area (TPSA) is 95.9 Å². The van der Waals surface area contributed by atoms with E-state index in [1.807, 2.05) is 0 Å². The molecule has 13 heavy (non-hydrogen) atoms. The molecule has 1 rings (SSSR count). The number of rotatable bonds is 3. The first-order valence-electron chi connectivity index (χ1n) is 3.89. The van der Waals surface area contributed by atoms with E-state index in [2.05, 4.69) is 5.32 Å². The Balaban J connectivity index is 2.62. The van der Waals surface area contributed by atoms with E-state index < -0.39 is 23.9 Å². The molecule has 0 saturated carbocycles. The molecule has 0 amide bonds. The minimum absolute atomic E-state index is 0.128. The second-order valence-corrected chi connectivity index (χ2v) is 2.79. The maximum Gasteiger partial charge on any atom is 0.319 e. The van der Waals surface area contributed by atoms with E-state index >= 15 is 0 Å². The van der Waals surface area contributed by atoms with Gasteiger partial charge in [0.15, 0.2) is 5.92 Å². The number of carbonyl (C=O) groups is 2. The molecule has 0 aromatic heterocycles. The molecule has 1 aliphatic heterocycles. The molecule has 6 nitrogen and oxygen atoms in total. The second kappa shape index (κ2) is 4.20. The first-order valence-corrected chi connectivity index (χ1v) is 3.89. The van der Waals surface area contributed by atoms with Gasteiger partial charge in [0.25, 0.3) is 0 Å². The summed E-state index contributed by atoms with van der Waals surface area (Å²) in [7, 11) is 0. The molecule has 6 heteroatoms. The molecule has 1 unspecified atom stereocenters. The predicted molar refractivity (Wildman–Crippen MR) is 41.4 cm³/mol. The average Bonchev–Trinajstić information content (AvgIpc) is 2.04. The molecule has 1 fully saturated rings. The quantitative estimate of drug-likeness (QED) is 0.480. The van der Waals surface area contributed by atoms with Gasteiger partial charge in [-0.2, -0.15) is 0 Å². The fraction of sp³-hybridized carbons (Fsp3) is 0.714. The highest BCUT2D eigenvalue weighted by molar-refractivity contribution is 5.93. The summed E-state index contributed by atoms with van der Waals surface area (Å²) in [5.41, 5.74) is 0. The summed E-state index contributed by atoms with van der Waals surface area (Å²) in [6, 6.07) is -0.635. The zero-order valence-electron chi connectivity index (χ0n) is 6.90. The zero-order chi connectivity index (χ0) is 9.84. The van der Waals surface area contributed by atoms with Crippen LogP contribution in [0.15, 0.2) is 0 Å². The van der Waals surface area contributed by atoms with Crippen LogP contribution in [0.3, 0.4) is 0 Å². The lowest BCUT2D eigenvalue weighted by atomic mass is 10.0. The van der Waals surface area contributed by atoms with Crippen LogP contribution in [0.1, 0.15) is 0 Å². The Morgan fingerprint density at radius 2 is 2.00 bits per heavy atom. The molecular weight excluding hydrogens is 178 g/mol. The Kier molecular flexibility index (Phi) is 3.21. The van der Waals surface area contributed by atoms with E-state index in [4.69, 9.17) is 14.9 Å². The van der Waals surface area contributed by atoms with Crippen LogP contribution in [-0.4, -0.2) is 48.0 Å². The maximum absolute atomic E-state index is 10.6. The number of hydrogen-bond acceptors (Lipinski definition) is 4. The predicted octanol–water partition coefficient (Wildman–Crippen LogP) is -1.24. The lowest BCUT2D eigenvalue weighted by molar-refractivity contribution is -0.157. The Bertz CT molecular complexity index is 197. The monoisotopic (exact) mass is 189 g/mol. The van der Waals surface area contributed by atoms with Gasteiger partial charge in [0.1, 0.15) is 0 Å². The first-order chi connectivity index (χ1) is 6.13. The third kappa shape index (κ3) is 2.40. The van der Waals surface area contributed by atoms with Crippen molar-refractivity contribution >= 4 is 11.9 Å². The van der Waals surface area contributed by atoms with Gasteiger partial charge in [-0.25, -0.2) is 0 Å². The molecular formula is C7H11NO5. The third-order valence-corrected chi connectivity index (χ3v) is 1.88. The van der Waals surface area contributed by atoms with E-state index in [1.165, 1.54) is 0 Å². The summed E-state index contributed by atoms with van der Waals surface area (Å²) in [6.45, 7) is 1.10. The van der Waals surface area contributed by atoms with Gasteiger partial charge in [-0.3, -0.25) is 9.59 Å². The minimum Gasteiger partial charge on any atom is -0.481 e. The van der Waals surface area contributed by atoms with Gasteiger partial charge in [-0.05, 0) is 0 Å². The van der Waals surface area contributed by atoms with E-state index in [0.29, 0.717) is 13.2 Å². The number of aliphatic carboxylic acids is 2. The van der Waals surface area contributed by atoms with Gasteiger partial charge in [0.2, 0.25) is 0 Å². The summed E-state index contributed by atoms with van der Waals surface area (Å²) in [4.78, 5) is 21.1. The molecule has 0 bridgehead atoms. The molecule has 0 spiro atoms. The Morgan fingerprint density at radius 1 is 1.38 bits per heavy atom. The van der Waals surface area contributed by atoms with Crippen molar-refractivity contribution in [2.45, 2.75) is 6.04 Å². The molecule has 74 valence electrons. The second-order valence-electron chi connectivity index (χ2n) is 2.79. The van der Waals surface area contributed by atoms with Gasteiger partial charge in [0, 0.05) is 6.54 Å². The Morgan fingerprint density at radius 3 is 2.38 bits per heavy atom. The van der Waals surface area contributed by atoms with Crippen LogP contribution in [-0.2, 0) is 14.3 Å². The molecule has 0 radical (unpaired) electrons. The average molecular weight is 189 g/mol. The molecule has 1 heterocycles. The third-order valence-electron chi connectivity index (χ3n) is 1.88. The van der Waals surface area contributed by atoms with Crippen LogP contribution in [0.25, 0.3) is 0 Å². The highest BCUT2D eigenvalue weighted by Gasteiger charge is 2.35. The van der Waals surface area contributed by atoms with Crippen LogP contribution in [0.2, 0.25) is 0 Å². The van der Waals surface area contributed by atoms with Gasteiger partial charge in [0.05, 0.1) is 19.3 Å². The number of carboxylic acid groups (broad SMARTS) is 2. The van der Waals surface area contributed by atoms with E-state index in [0.717, 1.165) is 0 Å². The fourth-order valence-electron chi connectivity index (χ4n) is 1.25. The lowest BCUT2D eigenvalue weighted by Gasteiger charge is -2.26. The fourth-order valence-corrected chi connectivity index (χ4v) is 1.25. The smallest absolute Gasteiger partial charge is 0.319 e. The number of morpholine rings is 1. The standard InChI is InChI=1S/C7H11NO5/c9-6(10)5(7(11)12)4-3-13-2-1-8-4/h4-5,8H,1-3H2,(H,9,10)(H,11,12). The highest BCUT2D eigenvalue weighted by atomic mass is 16.5. The van der Waals surface area contributed by atoms with Crippen LogP contribution < -0.4 is 5.32 Å². The van der Waals surface area contributed by atoms with Crippen LogP contribution >= 0.6 is 0 Å². The minimum atomic E-state index is -1.43. The molecule has 0 aromatic rings. The number of carboxylic acids is 2. The Labute approximate surface area is 74.5 Å². The zero-order valence-corrected chi connectivity index (χ0v) is 6.90. The largest absolute Gasteiger partial charge is 0.481 e. The van der Waals surface area contributed by atoms with Gasteiger partial charge >= 0.3 is 11.9 Å². The van der Waals surface area contributed by atoms with Crippen molar-refractivity contribution in [2.75, 3.05) is 19.8 Å². The normalized spacial score (nSPS) is 23.0. The number of nitrogens with one attached hydrogen (secondary N) is 1. The Hall–Kier alpha value is -1.14. The van der Waals surface area contributed by atoms with Gasteiger partial charge in [-0.15, -0.1) is 0 Å². The molecule has 1 atom stereocenters. The number of ether oxygens (including phenoxy) is 1. The number of hydrogen-bond donors (Lipinski definition) is 3. The van der Waals surface area contributed by atoms with Crippen LogP contribution in [0.5, 0.6) is 0 Å². The summed E-state index contributed by atoms with van der Waals surface area (Å²) in [6.07, 6.45) is 0. The molecule has 1 aliphatic rings. The van der Waals surface area contributed by atoms with Gasteiger partial charge < -0.3 is 20.3 Å². The van der Waals surface area contributed by atoms with E-state index in [-0.39, 0.29) is 6.61 Å². The van der Waals surface area contributed by atoms with Crippen molar-refractivity contribution in [1.29, 1.82) is 0 Å². The van der Waals surface area contributed by atoms with Crippen molar-refractivity contribution in [3.63, 3.8) is 0 Å². The van der Waals surface area contributed by atoms with Crippen molar-refractivity contribution in [2.24, 2.45) is 5.92 Å². The lowest BCUT2D eigenvalue weighted by Crippen LogP contribution is -2.51. The van der Waals surface area contributed by atoms with Crippen molar-refractivity contribution in [3.8, 4) is 0 Å². The highest BCUT2D eigenvalue weighted by Crippen LogP contribution is 2.08. The van der Waals surface area contributed by atoms with Crippen molar-refractivity contribution < 1.29 is 24.5 Å². The SMILES string of the molecule is O=C(O)C(C(=O)O)C1COCCN1. The molecule has 3 N–H and O–H groups in total. The van der Waals surface area contributed by atoms with Crippen LogP contribution in [0.4, 0.5) is 0 Å². The van der Waals surface area contributed by atoms with E-state index in [1.54, 1.807) is 0 Å². The first kappa shape index (κ1) is 9.94. The van der Waals surface area contributed by atoms with Gasteiger partial charge in [-0.1, -0.05) is 0 Å². The molecule has 0 aliphatic carbocycles. The summed E-state index contributed by atoms with van der Waals surface area (Å²) >= 11 is 0. The summed E-state index contributed by atoms with van der Waals surface area (Å²) < 4.78 is 4.97. The summed E-state index contributed by atoms with van der Waals surface area (Å²) in [5, 5.41) is 20.0. The molecule has 0 aromatic carbocycles. The van der Waals surface area contributed by atoms with Crippen molar-refractivity contribution in [1.82, 2.24) is 5.32 Å². The van der Waals surface area contributed by atoms with Crippen LogP contribution in [0, 0.1) is 5.92 Å².